The molecular formula is C25H21FN2O4. The number of hydrogen-bond acceptors (Lipinski definition) is 4. The minimum absolute atomic E-state index is 0.116. The van der Waals surface area contributed by atoms with Crippen LogP contribution >= 0.6 is 0 Å². The van der Waals surface area contributed by atoms with Crippen molar-refractivity contribution in [3.05, 3.63) is 101 Å². The molecule has 7 heteroatoms. The smallest absolute Gasteiger partial charge is 0.325 e. The number of carbonyl (C=O) groups is 2. The number of fused-ring (bicyclic) bond motifs is 1. The Morgan fingerprint density at radius 2 is 1.75 bits per heavy atom. The fraction of sp³-hybridized carbons (Fsp3) is 0.200. The Bertz CT molecular complexity index is 1190. The number of amides is 3. The third-order valence-corrected chi connectivity index (χ3v) is 5.85. The first-order chi connectivity index (χ1) is 15.5. The lowest BCUT2D eigenvalue weighted by Crippen LogP contribution is -2.40. The maximum absolute atomic E-state index is 14.3. The SMILES string of the molecule is CC1(c2ccccc2)NC(=O)N(Cc2cc(F)cc3c2OC(c2ccccc2)OC3)C1=O. The Balaban J connectivity index is 1.46. The average molecular weight is 432 g/mol. The van der Waals surface area contributed by atoms with Crippen LogP contribution in [0.4, 0.5) is 9.18 Å². The summed E-state index contributed by atoms with van der Waals surface area (Å²) in [6.45, 7) is 1.70. The highest BCUT2D eigenvalue weighted by atomic mass is 19.1. The number of benzene rings is 3. The van der Waals surface area contributed by atoms with Gasteiger partial charge in [-0.05, 0) is 24.6 Å². The molecule has 6 nitrogen and oxygen atoms in total. The molecule has 2 aliphatic heterocycles. The fourth-order valence-corrected chi connectivity index (χ4v) is 4.15. The first-order valence-electron chi connectivity index (χ1n) is 10.3. The molecule has 3 amide bonds. The maximum Gasteiger partial charge on any atom is 0.325 e. The number of rotatable bonds is 4. The highest BCUT2D eigenvalue weighted by Gasteiger charge is 2.49. The van der Waals surface area contributed by atoms with E-state index in [1.165, 1.54) is 12.1 Å². The monoisotopic (exact) mass is 432 g/mol. The summed E-state index contributed by atoms with van der Waals surface area (Å²) in [6, 6.07) is 20.5. The van der Waals surface area contributed by atoms with Crippen LogP contribution in [-0.4, -0.2) is 16.8 Å². The van der Waals surface area contributed by atoms with Crippen molar-refractivity contribution >= 4 is 11.9 Å². The van der Waals surface area contributed by atoms with Crippen molar-refractivity contribution in [2.45, 2.75) is 31.9 Å². The first kappa shape index (κ1) is 20.2. The highest BCUT2D eigenvalue weighted by molar-refractivity contribution is 6.07. The van der Waals surface area contributed by atoms with Gasteiger partial charge in [0.2, 0.25) is 6.29 Å². The van der Waals surface area contributed by atoms with Gasteiger partial charge < -0.3 is 14.8 Å². The summed E-state index contributed by atoms with van der Waals surface area (Å²) in [5.74, 6) is -0.458. The maximum atomic E-state index is 14.3. The Morgan fingerprint density at radius 3 is 2.47 bits per heavy atom. The van der Waals surface area contributed by atoms with Gasteiger partial charge in [0.05, 0.1) is 13.2 Å². The molecule has 2 atom stereocenters. The van der Waals surface area contributed by atoms with Crippen LogP contribution < -0.4 is 10.1 Å². The highest BCUT2D eigenvalue weighted by Crippen LogP contribution is 2.38. The zero-order valence-electron chi connectivity index (χ0n) is 17.4. The largest absolute Gasteiger partial charge is 0.460 e. The van der Waals surface area contributed by atoms with Gasteiger partial charge in [0, 0.05) is 16.7 Å². The van der Waals surface area contributed by atoms with Gasteiger partial charge in [0.25, 0.3) is 5.91 Å². The van der Waals surface area contributed by atoms with Crippen molar-refractivity contribution in [1.82, 2.24) is 10.2 Å². The number of ether oxygens (including phenoxy) is 2. The van der Waals surface area contributed by atoms with Gasteiger partial charge in [0.15, 0.2) is 0 Å². The van der Waals surface area contributed by atoms with Gasteiger partial charge in [-0.1, -0.05) is 60.7 Å². The number of urea groups is 1. The fourth-order valence-electron chi connectivity index (χ4n) is 4.15. The van der Waals surface area contributed by atoms with Crippen LogP contribution in [0, 0.1) is 5.82 Å². The third kappa shape index (κ3) is 3.40. The Labute approximate surface area is 184 Å². The average Bonchev–Trinajstić information content (AvgIpc) is 3.04. The zero-order valence-corrected chi connectivity index (χ0v) is 17.4. The number of nitrogens with one attached hydrogen (secondary N) is 1. The standard InChI is InChI=1S/C25H21FN2O4/c1-25(19-10-6-3-7-11-19)23(29)28(24(30)27-25)14-17-12-20(26)13-18-15-31-22(32-21(17)18)16-8-4-2-5-9-16/h2-13,22H,14-15H2,1H3,(H,27,30). The van der Waals surface area contributed by atoms with Crippen molar-refractivity contribution in [2.75, 3.05) is 0 Å². The summed E-state index contributed by atoms with van der Waals surface area (Å²) >= 11 is 0. The third-order valence-electron chi connectivity index (χ3n) is 5.85. The number of imide groups is 1. The van der Waals surface area contributed by atoms with E-state index < -0.39 is 29.6 Å². The second kappa shape index (κ2) is 7.76. The second-order valence-corrected chi connectivity index (χ2v) is 8.04. The Kier molecular flexibility index (Phi) is 4.90. The molecule has 0 aliphatic carbocycles. The van der Waals surface area contributed by atoms with Crippen molar-refractivity contribution in [2.24, 2.45) is 0 Å². The van der Waals surface area contributed by atoms with Gasteiger partial charge in [-0.3, -0.25) is 9.69 Å². The van der Waals surface area contributed by atoms with E-state index in [2.05, 4.69) is 5.32 Å². The topological polar surface area (TPSA) is 67.9 Å². The van der Waals surface area contributed by atoms with Gasteiger partial charge >= 0.3 is 6.03 Å². The van der Waals surface area contributed by atoms with E-state index >= 15 is 0 Å². The van der Waals surface area contributed by atoms with Crippen LogP contribution in [0.25, 0.3) is 0 Å². The molecule has 32 heavy (non-hydrogen) atoms. The molecule has 0 saturated carbocycles. The Hall–Kier alpha value is -3.71. The molecule has 1 saturated heterocycles. The van der Waals surface area contributed by atoms with Crippen LogP contribution in [0.1, 0.15) is 35.5 Å². The lowest BCUT2D eigenvalue weighted by molar-refractivity contribution is -0.131. The molecule has 1 N–H and O–H groups in total. The molecule has 2 aliphatic rings. The first-order valence-corrected chi connectivity index (χ1v) is 10.3. The molecular weight excluding hydrogens is 411 g/mol. The van der Waals surface area contributed by atoms with Gasteiger partial charge in [-0.25, -0.2) is 9.18 Å². The van der Waals surface area contributed by atoms with E-state index in [4.69, 9.17) is 9.47 Å². The summed E-state index contributed by atoms with van der Waals surface area (Å²) in [6.07, 6.45) is -0.661. The summed E-state index contributed by atoms with van der Waals surface area (Å²) in [5, 5.41) is 2.77. The van der Waals surface area contributed by atoms with Crippen molar-refractivity contribution in [1.29, 1.82) is 0 Å². The van der Waals surface area contributed by atoms with Crippen LogP contribution in [0.15, 0.2) is 72.8 Å². The molecule has 2 heterocycles. The van der Waals surface area contributed by atoms with Crippen LogP contribution in [-0.2, 0) is 28.2 Å². The van der Waals surface area contributed by atoms with E-state index in [-0.39, 0.29) is 13.2 Å². The summed E-state index contributed by atoms with van der Waals surface area (Å²) in [7, 11) is 0. The minimum atomic E-state index is -1.19. The van der Waals surface area contributed by atoms with Crippen LogP contribution in [0.3, 0.4) is 0 Å². The van der Waals surface area contributed by atoms with Gasteiger partial charge in [0.1, 0.15) is 17.1 Å². The van der Waals surface area contributed by atoms with E-state index in [1.54, 1.807) is 19.1 Å². The number of carbonyl (C=O) groups excluding carboxylic acids is 2. The second-order valence-electron chi connectivity index (χ2n) is 8.04. The predicted molar refractivity (Wildman–Crippen MR) is 114 cm³/mol. The number of halogens is 1. The molecule has 3 aromatic carbocycles. The molecule has 0 spiro atoms. The molecule has 3 aromatic rings. The lowest BCUT2D eigenvalue weighted by atomic mass is 9.92. The molecule has 0 radical (unpaired) electrons. The number of nitrogens with zero attached hydrogens (tertiary/aromatic N) is 1. The molecule has 0 bridgehead atoms. The summed E-state index contributed by atoms with van der Waals surface area (Å²) < 4.78 is 26.2. The normalized spacial score (nSPS) is 22.3. The molecule has 2 unspecified atom stereocenters. The summed E-state index contributed by atoms with van der Waals surface area (Å²) in [4.78, 5) is 27.1. The number of hydrogen-bond donors (Lipinski definition) is 1. The quantitative estimate of drug-likeness (QED) is 0.621. The van der Waals surface area contributed by atoms with E-state index in [0.717, 1.165) is 10.5 Å². The van der Waals surface area contributed by atoms with Crippen LogP contribution in [0.5, 0.6) is 5.75 Å². The van der Waals surface area contributed by atoms with Crippen molar-refractivity contribution in [3.8, 4) is 5.75 Å². The van der Waals surface area contributed by atoms with E-state index in [9.17, 15) is 14.0 Å². The van der Waals surface area contributed by atoms with E-state index in [0.29, 0.717) is 22.4 Å². The minimum Gasteiger partial charge on any atom is -0.460 e. The lowest BCUT2D eigenvalue weighted by Gasteiger charge is -2.29. The van der Waals surface area contributed by atoms with Crippen LogP contribution in [0.2, 0.25) is 0 Å². The molecule has 1 fully saturated rings. The summed E-state index contributed by atoms with van der Waals surface area (Å²) in [5.41, 5.74) is 1.24. The molecule has 162 valence electrons. The van der Waals surface area contributed by atoms with E-state index in [1.807, 2.05) is 48.5 Å². The van der Waals surface area contributed by atoms with Gasteiger partial charge in [-0.2, -0.15) is 0 Å². The predicted octanol–water partition coefficient (Wildman–Crippen LogP) is 4.40. The molecule has 0 aromatic heterocycles. The van der Waals surface area contributed by atoms with Gasteiger partial charge in [-0.15, -0.1) is 0 Å². The van der Waals surface area contributed by atoms with Crippen molar-refractivity contribution in [3.63, 3.8) is 0 Å². The molecule has 5 rings (SSSR count). The zero-order chi connectivity index (χ0) is 22.3. The van der Waals surface area contributed by atoms with Crippen molar-refractivity contribution < 1.29 is 23.5 Å². The Morgan fingerprint density at radius 1 is 1.06 bits per heavy atom.